The highest BCUT2D eigenvalue weighted by atomic mass is 19.1. The van der Waals surface area contributed by atoms with Gasteiger partial charge >= 0.3 is 0 Å². The number of nitrogens with one attached hydrogen (secondary N) is 1. The van der Waals surface area contributed by atoms with Crippen molar-refractivity contribution >= 4 is 22.3 Å². The van der Waals surface area contributed by atoms with E-state index in [0.29, 0.717) is 45.8 Å². The van der Waals surface area contributed by atoms with Crippen LogP contribution < -0.4 is 14.8 Å². The largest absolute Gasteiger partial charge is 0.504 e. The third kappa shape index (κ3) is 4.19. The molecule has 3 N–H and O–H groups in total. The fourth-order valence-electron chi connectivity index (χ4n) is 4.28. The van der Waals surface area contributed by atoms with Gasteiger partial charge in [-0.1, -0.05) is 6.07 Å². The van der Waals surface area contributed by atoms with Crippen molar-refractivity contribution in [3.05, 3.63) is 75.9 Å². The number of nitroso groups, excluding NO2 is 1. The van der Waals surface area contributed by atoms with Gasteiger partial charge in [0.25, 0.3) is 0 Å². The Morgan fingerprint density at radius 2 is 2.03 bits per heavy atom. The smallest absolute Gasteiger partial charge is 0.222 e. The van der Waals surface area contributed by atoms with Crippen LogP contribution in [0.3, 0.4) is 0 Å². The molecule has 0 amide bonds. The first kappa shape index (κ1) is 22.5. The van der Waals surface area contributed by atoms with Crippen LogP contribution in [-0.4, -0.2) is 28.7 Å². The Bertz CT molecular complexity index is 1430. The molecule has 0 aliphatic carbocycles. The summed E-state index contributed by atoms with van der Waals surface area (Å²) >= 11 is 0. The molecule has 0 saturated heterocycles. The van der Waals surface area contributed by atoms with Crippen molar-refractivity contribution in [1.82, 2.24) is 4.57 Å². The molecule has 1 aliphatic rings. The summed E-state index contributed by atoms with van der Waals surface area (Å²) in [5.41, 5.74) is 3.02. The van der Waals surface area contributed by atoms with Gasteiger partial charge in [0, 0.05) is 28.7 Å². The molecule has 1 aromatic heterocycles. The lowest BCUT2D eigenvalue weighted by Crippen LogP contribution is -2.14. The summed E-state index contributed by atoms with van der Waals surface area (Å²) in [5, 5.41) is 27.5. The Labute approximate surface area is 199 Å². The molecule has 0 atom stereocenters. The third-order valence-corrected chi connectivity index (χ3v) is 5.92. The Hall–Kier alpha value is -4.31. The van der Waals surface area contributed by atoms with Gasteiger partial charge in [-0.25, -0.2) is 4.39 Å². The zero-order valence-corrected chi connectivity index (χ0v) is 18.7. The van der Waals surface area contributed by atoms with Crippen molar-refractivity contribution in [2.24, 2.45) is 5.18 Å². The predicted molar refractivity (Wildman–Crippen MR) is 127 cm³/mol. The standard InChI is InChI=1S/C25H22FN3O6/c1-33-22-5-2-14(6-21(22)30)10-27-18-3-4-20-19(9-18)23(28-32)25(31)29(20)11-15-7-17(26)8-16-12-34-13-35-24(15)16/h2-9,27,30-31H,10-13H2,1H3. The van der Waals surface area contributed by atoms with Crippen LogP contribution in [0.4, 0.5) is 15.8 Å². The van der Waals surface area contributed by atoms with E-state index in [9.17, 15) is 19.5 Å². The lowest BCUT2D eigenvalue weighted by molar-refractivity contribution is -0.0173. The second kappa shape index (κ2) is 9.15. The molecule has 0 spiro atoms. The Kier molecular flexibility index (Phi) is 5.87. The average Bonchev–Trinajstić information content (AvgIpc) is 3.12. The van der Waals surface area contributed by atoms with Crippen LogP contribution in [0.25, 0.3) is 10.9 Å². The predicted octanol–water partition coefficient (Wildman–Crippen LogP) is 5.13. The van der Waals surface area contributed by atoms with E-state index in [1.54, 1.807) is 30.3 Å². The quantitative estimate of drug-likeness (QED) is 0.315. The van der Waals surface area contributed by atoms with Crippen molar-refractivity contribution in [3.8, 4) is 23.1 Å². The molecule has 0 bridgehead atoms. The number of fused-ring (bicyclic) bond motifs is 2. The van der Waals surface area contributed by atoms with Crippen molar-refractivity contribution < 1.29 is 28.8 Å². The molecule has 0 unspecified atom stereocenters. The number of methoxy groups -OCH3 is 1. The number of halogens is 1. The molecular weight excluding hydrogens is 457 g/mol. The van der Waals surface area contributed by atoms with Gasteiger partial charge in [-0.15, -0.1) is 4.91 Å². The third-order valence-electron chi connectivity index (χ3n) is 5.92. The number of hydrogen-bond acceptors (Lipinski definition) is 8. The molecule has 10 heteroatoms. The van der Waals surface area contributed by atoms with E-state index in [1.807, 2.05) is 6.07 Å². The van der Waals surface area contributed by atoms with E-state index >= 15 is 0 Å². The Morgan fingerprint density at radius 3 is 2.80 bits per heavy atom. The zero-order valence-electron chi connectivity index (χ0n) is 18.7. The number of anilines is 1. The van der Waals surface area contributed by atoms with Crippen LogP contribution in [-0.2, 0) is 24.4 Å². The lowest BCUT2D eigenvalue weighted by atomic mass is 10.1. The van der Waals surface area contributed by atoms with Gasteiger partial charge in [-0.2, -0.15) is 0 Å². The Morgan fingerprint density at radius 1 is 1.17 bits per heavy atom. The van der Waals surface area contributed by atoms with Crippen molar-refractivity contribution in [1.29, 1.82) is 0 Å². The number of ether oxygens (including phenoxy) is 3. The monoisotopic (exact) mass is 479 g/mol. The van der Waals surface area contributed by atoms with E-state index in [4.69, 9.17) is 14.2 Å². The molecule has 35 heavy (non-hydrogen) atoms. The van der Waals surface area contributed by atoms with Crippen molar-refractivity contribution in [3.63, 3.8) is 0 Å². The van der Waals surface area contributed by atoms with Gasteiger partial charge in [0.1, 0.15) is 11.6 Å². The number of benzene rings is 3. The van der Waals surface area contributed by atoms with Gasteiger partial charge in [0.15, 0.2) is 24.0 Å². The summed E-state index contributed by atoms with van der Waals surface area (Å²) in [6.45, 7) is 0.733. The summed E-state index contributed by atoms with van der Waals surface area (Å²) in [6, 6.07) is 13.0. The maximum Gasteiger partial charge on any atom is 0.222 e. The maximum absolute atomic E-state index is 14.2. The highest BCUT2D eigenvalue weighted by molar-refractivity contribution is 5.97. The fraction of sp³-hybridized carbons (Fsp3) is 0.200. The van der Waals surface area contributed by atoms with Gasteiger partial charge in [-0.05, 0) is 53.2 Å². The molecule has 0 saturated carbocycles. The number of phenolic OH excluding ortho intramolecular Hbond substituents is 1. The van der Waals surface area contributed by atoms with E-state index in [0.717, 1.165) is 5.56 Å². The number of aromatic hydroxyl groups is 2. The first-order valence-electron chi connectivity index (χ1n) is 10.8. The van der Waals surface area contributed by atoms with Gasteiger partial charge in [0.2, 0.25) is 5.88 Å². The first-order chi connectivity index (χ1) is 17.0. The number of phenols is 1. The van der Waals surface area contributed by atoms with Gasteiger partial charge in [-0.3, -0.25) is 0 Å². The average molecular weight is 479 g/mol. The molecule has 5 rings (SSSR count). The zero-order chi connectivity index (χ0) is 24.5. The van der Waals surface area contributed by atoms with E-state index in [-0.39, 0.29) is 37.3 Å². The minimum absolute atomic E-state index is 0.0340. The highest BCUT2D eigenvalue weighted by Crippen LogP contribution is 2.41. The van der Waals surface area contributed by atoms with Gasteiger partial charge in [0.05, 0.1) is 25.8 Å². The van der Waals surface area contributed by atoms with Crippen molar-refractivity contribution in [2.45, 2.75) is 19.7 Å². The van der Waals surface area contributed by atoms with Crippen LogP contribution in [0.5, 0.6) is 23.1 Å². The van der Waals surface area contributed by atoms with E-state index in [1.165, 1.54) is 23.8 Å². The lowest BCUT2D eigenvalue weighted by Gasteiger charge is -2.21. The molecule has 1 aliphatic heterocycles. The number of nitrogens with zero attached hydrogens (tertiary/aromatic N) is 2. The van der Waals surface area contributed by atoms with Crippen LogP contribution in [0.1, 0.15) is 16.7 Å². The van der Waals surface area contributed by atoms with Crippen molar-refractivity contribution in [2.75, 3.05) is 19.2 Å². The van der Waals surface area contributed by atoms with Crippen LogP contribution in [0.15, 0.2) is 53.7 Å². The summed E-state index contributed by atoms with van der Waals surface area (Å²) in [6.07, 6.45) is 0. The maximum atomic E-state index is 14.2. The summed E-state index contributed by atoms with van der Waals surface area (Å²) < 4.78 is 31.6. The van der Waals surface area contributed by atoms with Gasteiger partial charge < -0.3 is 34.3 Å². The molecule has 0 fully saturated rings. The van der Waals surface area contributed by atoms with Crippen LogP contribution >= 0.6 is 0 Å². The summed E-state index contributed by atoms with van der Waals surface area (Å²) in [7, 11) is 1.48. The Balaban J connectivity index is 1.46. The second-order valence-corrected chi connectivity index (χ2v) is 8.11. The molecule has 180 valence electrons. The minimum atomic E-state index is -0.450. The number of aromatic nitrogens is 1. The number of rotatable bonds is 7. The van der Waals surface area contributed by atoms with Crippen LogP contribution in [0, 0.1) is 10.7 Å². The molecular formula is C25H22FN3O6. The second-order valence-electron chi connectivity index (χ2n) is 8.11. The molecule has 2 heterocycles. The van der Waals surface area contributed by atoms with Crippen LogP contribution in [0.2, 0.25) is 0 Å². The molecule has 0 radical (unpaired) electrons. The summed E-state index contributed by atoms with van der Waals surface area (Å²) in [5.74, 6) is 0.143. The van der Waals surface area contributed by atoms with E-state index < -0.39 is 5.82 Å². The first-order valence-corrected chi connectivity index (χ1v) is 10.8. The molecule has 4 aromatic rings. The fourth-order valence-corrected chi connectivity index (χ4v) is 4.28. The molecule has 3 aromatic carbocycles. The number of hydrogen-bond donors (Lipinski definition) is 3. The topological polar surface area (TPSA) is 115 Å². The molecule has 9 nitrogen and oxygen atoms in total. The highest BCUT2D eigenvalue weighted by Gasteiger charge is 2.22. The minimum Gasteiger partial charge on any atom is -0.504 e. The SMILES string of the molecule is COc1ccc(CNc2ccc3c(c2)c(N=O)c(O)n3Cc2cc(F)cc3c2OCOC3)cc1O. The van der Waals surface area contributed by atoms with E-state index in [2.05, 4.69) is 10.5 Å². The normalized spacial score (nSPS) is 12.7. The summed E-state index contributed by atoms with van der Waals surface area (Å²) in [4.78, 5) is 11.6.